The van der Waals surface area contributed by atoms with E-state index >= 15 is 0 Å². The van der Waals surface area contributed by atoms with Gasteiger partial charge in [-0.3, -0.25) is 13.9 Å². The van der Waals surface area contributed by atoms with Gasteiger partial charge in [-0.1, -0.05) is 41.9 Å². The number of rotatable bonds is 12. The number of ether oxygens (including phenoxy) is 2. The number of hydrogen-bond acceptors (Lipinski definition) is 6. The van der Waals surface area contributed by atoms with Crippen molar-refractivity contribution in [1.29, 1.82) is 0 Å². The van der Waals surface area contributed by atoms with Crippen molar-refractivity contribution in [2.24, 2.45) is 5.92 Å². The molecule has 2 aromatic carbocycles. The summed E-state index contributed by atoms with van der Waals surface area (Å²) in [5, 5.41) is 2.90. The van der Waals surface area contributed by atoms with Crippen molar-refractivity contribution >= 4 is 43.5 Å². The number of anilines is 1. The van der Waals surface area contributed by atoms with Crippen LogP contribution in [0.25, 0.3) is 0 Å². The van der Waals surface area contributed by atoms with E-state index in [0.29, 0.717) is 36.9 Å². The molecule has 0 saturated carbocycles. The van der Waals surface area contributed by atoms with Crippen molar-refractivity contribution in [2.45, 2.75) is 46.2 Å². The van der Waals surface area contributed by atoms with Crippen LogP contribution in [-0.4, -0.2) is 63.7 Å². The van der Waals surface area contributed by atoms with Gasteiger partial charge in [0.25, 0.3) is 0 Å². The SMILES string of the molecule is CC(C)CNC(=O)[C@@H](C)N(Cc1ccc(Br)cc1)C(=O)CCCN(c1ccc2c(c1)OCCO2)S(C)(=O)=O. The summed E-state index contributed by atoms with van der Waals surface area (Å²) in [6.45, 7) is 7.43. The normalized spacial score (nSPS) is 13.6. The van der Waals surface area contributed by atoms with Crippen LogP contribution < -0.4 is 19.1 Å². The molecule has 11 heteroatoms. The third-order valence-electron chi connectivity index (χ3n) is 6.08. The molecule has 2 amide bonds. The van der Waals surface area contributed by atoms with Crippen molar-refractivity contribution < 1.29 is 27.5 Å². The van der Waals surface area contributed by atoms with Gasteiger partial charge in [-0.05, 0) is 49.1 Å². The number of sulfonamides is 1. The molecule has 1 heterocycles. The van der Waals surface area contributed by atoms with Gasteiger partial charge in [-0.15, -0.1) is 0 Å². The van der Waals surface area contributed by atoms with E-state index in [1.165, 1.54) is 4.31 Å². The molecule has 1 atom stereocenters. The number of halogens is 1. The number of hydrogen-bond donors (Lipinski definition) is 1. The molecule has 1 aliphatic rings. The molecule has 9 nitrogen and oxygen atoms in total. The second-order valence-electron chi connectivity index (χ2n) is 9.73. The van der Waals surface area contributed by atoms with Crippen LogP contribution >= 0.6 is 15.9 Å². The second-order valence-corrected chi connectivity index (χ2v) is 12.6. The average Bonchev–Trinajstić information content (AvgIpc) is 2.87. The van der Waals surface area contributed by atoms with Gasteiger partial charge < -0.3 is 19.7 Å². The quantitative estimate of drug-likeness (QED) is 0.390. The Morgan fingerprint density at radius 2 is 1.68 bits per heavy atom. The minimum Gasteiger partial charge on any atom is -0.486 e. The number of fused-ring (bicyclic) bond motifs is 1. The predicted octanol–water partition coefficient (Wildman–Crippen LogP) is 3.96. The van der Waals surface area contributed by atoms with Crippen LogP contribution in [-0.2, 0) is 26.2 Å². The van der Waals surface area contributed by atoms with Gasteiger partial charge in [0.15, 0.2) is 11.5 Å². The van der Waals surface area contributed by atoms with E-state index in [1.54, 1.807) is 30.0 Å². The van der Waals surface area contributed by atoms with Gasteiger partial charge >= 0.3 is 0 Å². The highest BCUT2D eigenvalue weighted by molar-refractivity contribution is 9.10. The maximum absolute atomic E-state index is 13.4. The molecule has 0 aromatic heterocycles. The number of nitrogens with zero attached hydrogens (tertiary/aromatic N) is 2. The molecule has 0 radical (unpaired) electrons. The number of benzene rings is 2. The lowest BCUT2D eigenvalue weighted by atomic mass is 10.1. The van der Waals surface area contributed by atoms with Crippen molar-refractivity contribution in [2.75, 3.05) is 36.9 Å². The van der Waals surface area contributed by atoms with Gasteiger partial charge in [-0.2, -0.15) is 0 Å². The molecular formula is C27H36BrN3O6S. The van der Waals surface area contributed by atoms with E-state index in [9.17, 15) is 18.0 Å². The summed E-state index contributed by atoms with van der Waals surface area (Å²) in [4.78, 5) is 27.8. The predicted molar refractivity (Wildman–Crippen MR) is 151 cm³/mol. The second kappa shape index (κ2) is 13.3. The smallest absolute Gasteiger partial charge is 0.242 e. The summed E-state index contributed by atoms with van der Waals surface area (Å²) >= 11 is 3.42. The highest BCUT2D eigenvalue weighted by atomic mass is 79.9. The zero-order valence-electron chi connectivity index (χ0n) is 22.3. The summed E-state index contributed by atoms with van der Waals surface area (Å²) in [5.74, 6) is 0.885. The summed E-state index contributed by atoms with van der Waals surface area (Å²) in [6, 6.07) is 11.9. The van der Waals surface area contributed by atoms with Crippen LogP contribution in [0, 0.1) is 5.92 Å². The molecule has 0 saturated heterocycles. The number of carbonyl (C=O) groups excluding carboxylic acids is 2. The molecular weight excluding hydrogens is 574 g/mol. The maximum Gasteiger partial charge on any atom is 0.242 e. The third-order valence-corrected chi connectivity index (χ3v) is 7.81. The van der Waals surface area contributed by atoms with E-state index in [1.807, 2.05) is 38.1 Å². The number of amides is 2. The van der Waals surface area contributed by atoms with Crippen LogP contribution in [0.4, 0.5) is 5.69 Å². The highest BCUT2D eigenvalue weighted by Gasteiger charge is 2.27. The first kappa shape index (κ1) is 29.8. The summed E-state index contributed by atoms with van der Waals surface area (Å²) in [6.07, 6.45) is 1.49. The summed E-state index contributed by atoms with van der Waals surface area (Å²) in [7, 11) is -3.62. The van der Waals surface area contributed by atoms with Crippen molar-refractivity contribution in [1.82, 2.24) is 10.2 Å². The fraction of sp³-hybridized carbons (Fsp3) is 0.481. The van der Waals surface area contributed by atoms with Crippen LogP contribution in [0.15, 0.2) is 46.9 Å². The Hall–Kier alpha value is -2.79. The molecule has 0 aliphatic carbocycles. The molecule has 0 spiro atoms. The first-order valence-electron chi connectivity index (χ1n) is 12.6. The molecule has 1 aliphatic heterocycles. The maximum atomic E-state index is 13.4. The molecule has 38 heavy (non-hydrogen) atoms. The van der Waals surface area contributed by atoms with Gasteiger partial charge in [0.2, 0.25) is 21.8 Å². The van der Waals surface area contributed by atoms with Crippen molar-refractivity contribution in [3.63, 3.8) is 0 Å². The number of nitrogens with one attached hydrogen (secondary N) is 1. The monoisotopic (exact) mass is 609 g/mol. The zero-order valence-corrected chi connectivity index (χ0v) is 24.7. The Morgan fingerprint density at radius 3 is 2.32 bits per heavy atom. The Morgan fingerprint density at radius 1 is 1.03 bits per heavy atom. The van der Waals surface area contributed by atoms with Crippen LogP contribution in [0.5, 0.6) is 11.5 Å². The molecule has 0 unspecified atom stereocenters. The lowest BCUT2D eigenvalue weighted by molar-refractivity contribution is -0.140. The van der Waals surface area contributed by atoms with Crippen LogP contribution in [0.2, 0.25) is 0 Å². The van der Waals surface area contributed by atoms with Gasteiger partial charge in [-0.25, -0.2) is 8.42 Å². The van der Waals surface area contributed by atoms with E-state index in [4.69, 9.17) is 9.47 Å². The van der Waals surface area contributed by atoms with E-state index in [0.717, 1.165) is 16.3 Å². The van der Waals surface area contributed by atoms with E-state index < -0.39 is 16.1 Å². The van der Waals surface area contributed by atoms with E-state index in [2.05, 4.69) is 21.2 Å². The molecule has 0 bridgehead atoms. The van der Waals surface area contributed by atoms with Crippen LogP contribution in [0.3, 0.4) is 0 Å². The minimum atomic E-state index is -3.62. The largest absolute Gasteiger partial charge is 0.486 e. The van der Waals surface area contributed by atoms with Gasteiger partial charge in [0, 0.05) is 36.6 Å². The standard InChI is InChI=1S/C27H36BrN3O6S/c1-19(2)17-29-27(33)20(3)30(18-21-7-9-22(28)10-8-21)26(32)6-5-13-31(38(4,34)35)23-11-12-24-25(16-23)37-15-14-36-24/h7-12,16,19-20H,5-6,13-15,17-18H2,1-4H3,(H,29,33)/t20-/m1/s1. The lowest BCUT2D eigenvalue weighted by Crippen LogP contribution is -2.48. The molecule has 208 valence electrons. The zero-order chi connectivity index (χ0) is 27.9. The van der Waals surface area contributed by atoms with Crippen molar-refractivity contribution in [3.8, 4) is 11.5 Å². The Balaban J connectivity index is 1.72. The average molecular weight is 611 g/mol. The fourth-order valence-electron chi connectivity index (χ4n) is 4.01. The van der Waals surface area contributed by atoms with Crippen LogP contribution in [0.1, 0.15) is 39.2 Å². The Labute approximate surface area is 233 Å². The Bertz CT molecular complexity index is 1220. The third kappa shape index (κ3) is 8.36. The molecule has 1 N–H and O–H groups in total. The lowest BCUT2D eigenvalue weighted by Gasteiger charge is -2.30. The molecule has 2 aromatic rings. The topological polar surface area (TPSA) is 105 Å². The van der Waals surface area contributed by atoms with Crippen molar-refractivity contribution in [3.05, 3.63) is 52.5 Å². The van der Waals surface area contributed by atoms with Gasteiger partial charge in [0.05, 0.1) is 11.9 Å². The molecule has 0 fully saturated rings. The highest BCUT2D eigenvalue weighted by Crippen LogP contribution is 2.34. The Kier molecular flexibility index (Phi) is 10.4. The summed E-state index contributed by atoms with van der Waals surface area (Å²) in [5.41, 5.74) is 1.33. The number of carbonyl (C=O) groups is 2. The van der Waals surface area contributed by atoms with Gasteiger partial charge in [0.1, 0.15) is 19.3 Å². The molecule has 3 rings (SSSR count). The van der Waals surface area contributed by atoms with E-state index in [-0.39, 0.29) is 43.7 Å². The fourth-order valence-corrected chi connectivity index (χ4v) is 5.23. The first-order valence-corrected chi connectivity index (χ1v) is 15.3. The first-order chi connectivity index (χ1) is 18.0. The summed E-state index contributed by atoms with van der Waals surface area (Å²) < 4.78 is 38.5. The minimum absolute atomic E-state index is 0.0783.